The number of carbonyl (C=O) groups is 2. The molecular formula is C45H50F3N5O6. The third kappa shape index (κ3) is 7.89. The van der Waals surface area contributed by atoms with Gasteiger partial charge in [-0.25, -0.2) is 4.98 Å². The third-order valence-electron chi connectivity index (χ3n) is 13.9. The zero-order valence-corrected chi connectivity index (χ0v) is 32.8. The molecule has 4 aliphatic rings. The van der Waals surface area contributed by atoms with E-state index in [0.717, 1.165) is 55.8 Å². The van der Waals surface area contributed by atoms with E-state index in [-0.39, 0.29) is 30.2 Å². The lowest BCUT2D eigenvalue weighted by Gasteiger charge is -2.53. The zero-order valence-electron chi connectivity index (χ0n) is 32.8. The number of phenolic OH excluding ortho intramolecular Hbond substituents is 1. The Hall–Kier alpha value is -5.05. The molecule has 1 saturated heterocycles. The molecule has 1 aliphatic heterocycles. The molecule has 2 amide bonds. The van der Waals surface area contributed by atoms with E-state index in [0.29, 0.717) is 60.2 Å². The van der Waals surface area contributed by atoms with Crippen LogP contribution in [0.1, 0.15) is 95.3 Å². The minimum absolute atomic E-state index is 0.106. The fraction of sp³-hybridized carbons (Fsp3) is 0.467. The molecule has 6 N–H and O–H groups in total. The fourth-order valence-corrected chi connectivity index (χ4v) is 10.7. The van der Waals surface area contributed by atoms with Crippen LogP contribution in [0.3, 0.4) is 0 Å². The van der Waals surface area contributed by atoms with E-state index in [1.807, 2.05) is 18.2 Å². The van der Waals surface area contributed by atoms with Crippen molar-refractivity contribution < 1.29 is 43.2 Å². The maximum atomic E-state index is 13.4. The van der Waals surface area contributed by atoms with Gasteiger partial charge in [0.05, 0.1) is 30.1 Å². The molecule has 14 heteroatoms. The van der Waals surface area contributed by atoms with Gasteiger partial charge in [0.2, 0.25) is 0 Å². The topological polar surface area (TPSA) is 168 Å². The molecule has 8 rings (SSSR count). The van der Waals surface area contributed by atoms with Gasteiger partial charge in [-0.2, -0.15) is 13.2 Å². The third-order valence-corrected chi connectivity index (χ3v) is 13.9. The van der Waals surface area contributed by atoms with Crippen LogP contribution in [0.2, 0.25) is 0 Å². The van der Waals surface area contributed by atoms with Crippen LogP contribution >= 0.6 is 0 Å². The first-order valence-corrected chi connectivity index (χ1v) is 20.5. The van der Waals surface area contributed by atoms with Crippen molar-refractivity contribution in [2.45, 2.75) is 94.2 Å². The number of β-amino-alcohol motifs (C(OH)–C–C–N with tert-alkyl or cyclic N) is 1. The molecule has 59 heavy (non-hydrogen) atoms. The van der Waals surface area contributed by atoms with Gasteiger partial charge in [0.25, 0.3) is 11.8 Å². The molecule has 0 spiro atoms. The summed E-state index contributed by atoms with van der Waals surface area (Å²) in [6, 6.07) is 18.7. The van der Waals surface area contributed by atoms with E-state index < -0.39 is 41.6 Å². The van der Waals surface area contributed by atoms with E-state index in [4.69, 9.17) is 0 Å². The smallest absolute Gasteiger partial charge is 0.434 e. The van der Waals surface area contributed by atoms with E-state index in [2.05, 4.69) is 33.6 Å². The number of aromatic hydroxyl groups is 1. The molecule has 0 radical (unpaired) electrons. The number of piperidine rings is 1. The monoisotopic (exact) mass is 813 g/mol. The predicted molar refractivity (Wildman–Crippen MR) is 213 cm³/mol. The Bertz CT molecular complexity index is 2190. The summed E-state index contributed by atoms with van der Waals surface area (Å²) in [5.74, 6) is 0.906. The second-order valence-electron chi connectivity index (χ2n) is 17.1. The lowest BCUT2D eigenvalue weighted by atomic mass is 9.53. The second-order valence-corrected chi connectivity index (χ2v) is 17.1. The first-order valence-electron chi connectivity index (χ1n) is 20.5. The van der Waals surface area contributed by atoms with Crippen molar-refractivity contribution >= 4 is 17.6 Å². The van der Waals surface area contributed by atoms with Gasteiger partial charge >= 0.3 is 6.18 Å². The first-order chi connectivity index (χ1) is 28.1. The number of alkyl halides is 3. The van der Waals surface area contributed by atoms with Gasteiger partial charge in [0, 0.05) is 30.8 Å². The van der Waals surface area contributed by atoms with Gasteiger partial charge in [0.15, 0.2) is 5.69 Å². The number of hydrogen-bond acceptors (Lipinski definition) is 9. The molecule has 3 aliphatic carbocycles. The number of benzene rings is 3. The summed E-state index contributed by atoms with van der Waals surface area (Å²) in [5, 5.41) is 48.9. The predicted octanol–water partition coefficient (Wildman–Crippen LogP) is 6.32. The fourth-order valence-electron chi connectivity index (χ4n) is 10.7. The van der Waals surface area contributed by atoms with Crippen molar-refractivity contribution in [1.29, 1.82) is 0 Å². The Morgan fingerprint density at radius 1 is 0.915 bits per heavy atom. The van der Waals surface area contributed by atoms with Crippen LogP contribution < -0.4 is 10.6 Å². The number of aromatic nitrogens is 2. The number of aliphatic hydroxyl groups is 3. The van der Waals surface area contributed by atoms with Crippen molar-refractivity contribution in [1.82, 2.24) is 20.2 Å². The summed E-state index contributed by atoms with van der Waals surface area (Å²) in [6.45, 7) is 2.45. The molecule has 11 nitrogen and oxygen atoms in total. The standard InChI is InChI=1S/C45H50F3N5O6/c1-43-18-15-33-32-14-12-31(54)21-30(32)11-13-34(33)35(43)16-19-44(43,59)17-2-20-50-41(57)28-7-3-26(4-8-28)27-5-9-29(10-6-27)42(58)53-24-36(40(56)37(55)25-53)51-39-23-49-22-38(52-39)45(46,47)48/h3-10,12,14,21-23,33-37,40,54-56,59H,2,11,13,15-20,24-25H2,1H3,(H,50,57)(H,51,52)/t33-,34-,35+,36+,37+,40-,43+,44+/m1/s1. The Morgan fingerprint density at radius 2 is 1.63 bits per heavy atom. The highest BCUT2D eigenvalue weighted by Gasteiger charge is 2.61. The number of halogens is 3. The van der Waals surface area contributed by atoms with Crippen molar-refractivity contribution in [3.05, 3.63) is 107 Å². The number of carbonyl (C=O) groups excluding carboxylic acids is 2. The van der Waals surface area contributed by atoms with Crippen molar-refractivity contribution in [2.24, 2.45) is 17.3 Å². The summed E-state index contributed by atoms with van der Waals surface area (Å²) in [5.41, 5.74) is 2.92. The molecular weight excluding hydrogens is 764 g/mol. The number of rotatable bonds is 9. The minimum Gasteiger partial charge on any atom is -0.508 e. The number of fused-ring (bicyclic) bond motifs is 5. The van der Waals surface area contributed by atoms with Gasteiger partial charge in [-0.3, -0.25) is 14.6 Å². The number of likely N-dealkylation sites (tertiary alicyclic amines) is 1. The molecule has 8 atom stereocenters. The number of phenols is 1. The molecule has 312 valence electrons. The van der Waals surface area contributed by atoms with Gasteiger partial charge in [-0.15, -0.1) is 0 Å². The summed E-state index contributed by atoms with van der Waals surface area (Å²) >= 11 is 0. The Kier molecular flexibility index (Phi) is 10.9. The molecule has 2 heterocycles. The lowest BCUT2D eigenvalue weighted by Crippen LogP contribution is -2.59. The number of hydrogen-bond donors (Lipinski definition) is 6. The Morgan fingerprint density at radius 3 is 2.34 bits per heavy atom. The Labute approximate surface area is 340 Å². The van der Waals surface area contributed by atoms with E-state index in [1.54, 1.807) is 42.5 Å². The highest BCUT2D eigenvalue weighted by atomic mass is 19.4. The largest absolute Gasteiger partial charge is 0.508 e. The number of nitrogens with one attached hydrogen (secondary N) is 2. The second kappa shape index (κ2) is 15.9. The summed E-state index contributed by atoms with van der Waals surface area (Å²) in [7, 11) is 0. The molecule has 0 unspecified atom stereocenters. The van der Waals surface area contributed by atoms with Crippen molar-refractivity contribution in [2.75, 3.05) is 25.0 Å². The summed E-state index contributed by atoms with van der Waals surface area (Å²) in [6.07, 6.45) is 1.34. The number of amides is 2. The van der Waals surface area contributed by atoms with Crippen LogP contribution in [-0.4, -0.2) is 90.6 Å². The molecule has 2 saturated carbocycles. The molecule has 3 fully saturated rings. The SMILES string of the molecule is C[C@]12CC[C@@H]3c4ccc(O)cc4CC[C@H]3[C@@H]1CC[C@@]2(O)CCCNC(=O)c1ccc(-c2ccc(C(=O)N3C[C@H](Nc4cncc(C(F)(F)F)n4)[C@@H](O)[C@@H](O)C3)cc2)cc1. The van der Waals surface area contributed by atoms with Crippen LogP contribution in [0, 0.1) is 17.3 Å². The summed E-state index contributed by atoms with van der Waals surface area (Å²) in [4.78, 5) is 34.9. The van der Waals surface area contributed by atoms with Crippen LogP contribution in [0.15, 0.2) is 79.1 Å². The minimum atomic E-state index is -4.72. The van der Waals surface area contributed by atoms with Crippen LogP contribution in [0.4, 0.5) is 19.0 Å². The van der Waals surface area contributed by atoms with Gasteiger partial charge in [-0.05, 0) is 133 Å². The van der Waals surface area contributed by atoms with Gasteiger partial charge in [0.1, 0.15) is 17.7 Å². The highest BCUT2D eigenvalue weighted by molar-refractivity contribution is 5.96. The van der Waals surface area contributed by atoms with E-state index in [9.17, 15) is 43.2 Å². The average molecular weight is 814 g/mol. The molecule has 3 aromatic carbocycles. The van der Waals surface area contributed by atoms with Crippen LogP contribution in [0.25, 0.3) is 11.1 Å². The molecule has 4 aromatic rings. The van der Waals surface area contributed by atoms with Gasteiger partial charge in [-0.1, -0.05) is 37.3 Å². The zero-order chi connectivity index (χ0) is 41.7. The van der Waals surface area contributed by atoms with Crippen LogP contribution in [0.5, 0.6) is 5.75 Å². The summed E-state index contributed by atoms with van der Waals surface area (Å²) < 4.78 is 39.4. The highest BCUT2D eigenvalue weighted by Crippen LogP contribution is 2.65. The Balaban J connectivity index is 0.826. The average Bonchev–Trinajstić information content (AvgIpc) is 3.50. The normalized spacial score (nSPS) is 28.9. The van der Waals surface area contributed by atoms with E-state index in [1.165, 1.54) is 16.0 Å². The molecule has 0 bridgehead atoms. The number of aryl methyl sites for hydroxylation is 1. The van der Waals surface area contributed by atoms with Crippen LogP contribution in [-0.2, 0) is 12.6 Å². The first kappa shape index (κ1) is 40.7. The lowest BCUT2D eigenvalue weighted by molar-refractivity contribution is -0.141. The maximum absolute atomic E-state index is 13.4. The number of aliphatic hydroxyl groups excluding tert-OH is 2. The van der Waals surface area contributed by atoms with Crippen molar-refractivity contribution in [3.8, 4) is 16.9 Å². The maximum Gasteiger partial charge on any atom is 0.434 e. The number of nitrogens with zero attached hydrogens (tertiary/aromatic N) is 3. The number of anilines is 1. The quantitative estimate of drug-likeness (QED) is 0.106. The van der Waals surface area contributed by atoms with E-state index >= 15 is 0 Å². The van der Waals surface area contributed by atoms with Crippen molar-refractivity contribution in [3.63, 3.8) is 0 Å². The molecule has 1 aromatic heterocycles. The van der Waals surface area contributed by atoms with Gasteiger partial charge < -0.3 is 36.0 Å².